The highest BCUT2D eigenvalue weighted by molar-refractivity contribution is 7.89. The summed E-state index contributed by atoms with van der Waals surface area (Å²) in [6.07, 6.45) is 1.92. The number of esters is 1. The molecule has 0 unspecified atom stereocenters. The first kappa shape index (κ1) is 22.4. The lowest BCUT2D eigenvalue weighted by molar-refractivity contribution is 0.0409. The molecule has 0 atom stereocenters. The zero-order valence-corrected chi connectivity index (χ0v) is 17.9. The Morgan fingerprint density at radius 2 is 1.90 bits per heavy atom. The minimum absolute atomic E-state index is 0.0426. The van der Waals surface area contributed by atoms with E-state index in [0.717, 1.165) is 24.1 Å². The predicted octanol–water partition coefficient (Wildman–Crippen LogP) is 1.72. The van der Waals surface area contributed by atoms with Gasteiger partial charge in [-0.25, -0.2) is 17.9 Å². The maximum absolute atomic E-state index is 12.5. The first-order chi connectivity index (χ1) is 14.4. The number of nitrogens with zero attached hydrogens (tertiary/aromatic N) is 2. The van der Waals surface area contributed by atoms with E-state index in [9.17, 15) is 13.2 Å². The van der Waals surface area contributed by atoms with Gasteiger partial charge in [0.05, 0.1) is 50.4 Å². The van der Waals surface area contributed by atoms with Crippen molar-refractivity contribution in [1.82, 2.24) is 14.2 Å². The Labute approximate surface area is 177 Å². The minimum atomic E-state index is -3.44. The molecule has 3 rings (SSSR count). The lowest BCUT2D eigenvalue weighted by Gasteiger charge is -2.41. The van der Waals surface area contributed by atoms with Gasteiger partial charge in [-0.05, 0) is 24.3 Å². The second-order valence-electron chi connectivity index (χ2n) is 7.29. The number of aromatic nitrogens is 1. The van der Waals surface area contributed by atoms with Crippen LogP contribution in [0.3, 0.4) is 0 Å². The van der Waals surface area contributed by atoms with Crippen LogP contribution in [0.1, 0.15) is 22.5 Å². The molecule has 1 aromatic carbocycles. The Balaban J connectivity index is 1.54. The number of rotatable bonds is 9. The molecule has 2 heterocycles. The molecule has 9 heteroatoms. The van der Waals surface area contributed by atoms with Crippen molar-refractivity contribution in [1.29, 1.82) is 0 Å². The first-order valence-electron chi connectivity index (χ1n) is 9.94. The van der Waals surface area contributed by atoms with Crippen molar-refractivity contribution in [2.24, 2.45) is 0 Å². The van der Waals surface area contributed by atoms with Gasteiger partial charge in [-0.3, -0.25) is 9.47 Å². The number of quaternary nitrogens is 1. The van der Waals surface area contributed by atoms with E-state index < -0.39 is 16.0 Å². The zero-order valence-electron chi connectivity index (χ0n) is 17.1. The molecule has 1 N–H and O–H groups in total. The predicted molar refractivity (Wildman–Crippen MR) is 114 cm³/mol. The Morgan fingerprint density at radius 3 is 2.53 bits per heavy atom. The Bertz CT molecular complexity index is 927. The molecule has 1 aromatic heterocycles. The third-order valence-corrected chi connectivity index (χ3v) is 6.76. The third kappa shape index (κ3) is 5.85. The number of morpholine rings is 1. The molecule has 0 bridgehead atoms. The summed E-state index contributed by atoms with van der Waals surface area (Å²) in [5.74, 6) is -0.436. The Hall–Kier alpha value is -2.33. The number of para-hydroxylation sites is 1. The van der Waals surface area contributed by atoms with Crippen LogP contribution in [0.15, 0.2) is 48.7 Å². The summed E-state index contributed by atoms with van der Waals surface area (Å²) < 4.78 is 38.4. The molecule has 0 spiro atoms. The van der Waals surface area contributed by atoms with E-state index in [0.29, 0.717) is 30.9 Å². The molecule has 0 radical (unpaired) electrons. The average molecular weight is 435 g/mol. The number of benzene rings is 1. The van der Waals surface area contributed by atoms with Gasteiger partial charge in [-0.2, -0.15) is 0 Å². The van der Waals surface area contributed by atoms with Crippen LogP contribution in [0.4, 0.5) is 5.69 Å². The number of nitrogens with one attached hydrogen (secondary N) is 1. The van der Waals surface area contributed by atoms with Crippen molar-refractivity contribution < 1.29 is 22.7 Å². The van der Waals surface area contributed by atoms with Gasteiger partial charge >= 0.3 is 5.97 Å². The largest absolute Gasteiger partial charge is 0.465 e. The Kier molecular flexibility index (Phi) is 7.54. The summed E-state index contributed by atoms with van der Waals surface area (Å²) in [7, 11) is -2.15. The van der Waals surface area contributed by atoms with Crippen molar-refractivity contribution >= 4 is 21.7 Å². The number of carbonyl (C=O) groups excluding carboxylic acids is 1. The van der Waals surface area contributed by atoms with E-state index in [-0.39, 0.29) is 12.3 Å². The quantitative estimate of drug-likeness (QED) is 0.477. The summed E-state index contributed by atoms with van der Waals surface area (Å²) in [5, 5.41) is 0. The first-order valence-corrected chi connectivity index (χ1v) is 11.6. The van der Waals surface area contributed by atoms with Crippen LogP contribution in [0.25, 0.3) is 0 Å². The molecule has 1 fully saturated rings. The maximum atomic E-state index is 12.5. The third-order valence-electron chi connectivity index (χ3n) is 5.35. The topological polar surface area (TPSA) is 94.6 Å². The summed E-state index contributed by atoms with van der Waals surface area (Å²) in [6, 6.07) is 13.4. The number of hydrogen-bond acceptors (Lipinski definition) is 6. The van der Waals surface area contributed by atoms with Gasteiger partial charge in [0.25, 0.3) is 0 Å². The van der Waals surface area contributed by atoms with Crippen molar-refractivity contribution in [2.45, 2.75) is 13.0 Å². The van der Waals surface area contributed by atoms with Gasteiger partial charge in [0.2, 0.25) is 10.0 Å². The molecule has 1 aliphatic rings. The highest BCUT2D eigenvalue weighted by Crippen LogP contribution is 2.25. The number of ether oxygens (including phenoxy) is 2. The number of hydrogen-bond donors (Lipinski definition) is 1. The van der Waals surface area contributed by atoms with Gasteiger partial charge in [0.1, 0.15) is 18.8 Å². The molecule has 0 aliphatic carbocycles. The lowest BCUT2D eigenvalue weighted by Crippen LogP contribution is -2.57. The van der Waals surface area contributed by atoms with Gasteiger partial charge in [0, 0.05) is 12.6 Å². The van der Waals surface area contributed by atoms with E-state index in [2.05, 4.69) is 26.6 Å². The average Bonchev–Trinajstić information content (AvgIpc) is 2.79. The van der Waals surface area contributed by atoms with Crippen molar-refractivity contribution in [3.05, 3.63) is 59.9 Å². The molecule has 162 valence electrons. The summed E-state index contributed by atoms with van der Waals surface area (Å²) in [5.41, 5.74) is 2.05. The van der Waals surface area contributed by atoms with Crippen LogP contribution in [-0.4, -0.2) is 65.1 Å². The number of pyridine rings is 1. The second kappa shape index (κ2) is 10.1. The van der Waals surface area contributed by atoms with Crippen LogP contribution < -0.4 is 9.21 Å². The fraction of sp³-hybridized carbons (Fsp3) is 0.429. The molecule has 30 heavy (non-hydrogen) atoms. The fourth-order valence-corrected chi connectivity index (χ4v) is 4.65. The van der Waals surface area contributed by atoms with Gasteiger partial charge in [-0.15, -0.1) is 0 Å². The van der Waals surface area contributed by atoms with Gasteiger partial charge in [-0.1, -0.05) is 18.2 Å². The SMILES string of the molecule is COC(=O)c1ccc(CNS(=O)(=O)CCC[N+]2(c3ccccc3)CCOCC2)nc1. The molecular weight excluding hydrogens is 406 g/mol. The van der Waals surface area contributed by atoms with E-state index in [1.165, 1.54) is 19.0 Å². The highest BCUT2D eigenvalue weighted by atomic mass is 32.2. The molecule has 2 aromatic rings. The normalized spacial score (nSPS) is 16.2. The van der Waals surface area contributed by atoms with Crippen LogP contribution in [0.5, 0.6) is 0 Å². The highest BCUT2D eigenvalue weighted by Gasteiger charge is 2.33. The Morgan fingerprint density at radius 1 is 1.17 bits per heavy atom. The van der Waals surface area contributed by atoms with E-state index in [1.54, 1.807) is 12.1 Å². The molecular formula is C21H28N3O5S+. The monoisotopic (exact) mass is 434 g/mol. The molecule has 1 aliphatic heterocycles. The van der Waals surface area contributed by atoms with Crippen LogP contribution >= 0.6 is 0 Å². The molecule has 8 nitrogen and oxygen atoms in total. The van der Waals surface area contributed by atoms with E-state index in [1.807, 2.05) is 18.2 Å². The number of carbonyl (C=O) groups is 1. The van der Waals surface area contributed by atoms with E-state index in [4.69, 9.17) is 4.74 Å². The van der Waals surface area contributed by atoms with Crippen molar-refractivity contribution in [3.63, 3.8) is 0 Å². The van der Waals surface area contributed by atoms with Crippen molar-refractivity contribution in [2.75, 3.05) is 45.7 Å². The number of methoxy groups -OCH3 is 1. The van der Waals surface area contributed by atoms with Gasteiger partial charge in [0.15, 0.2) is 0 Å². The standard InChI is InChI=1S/C21H28N3O5S/c1-28-21(25)18-8-9-19(22-16-18)17-23-30(26,27)15-5-10-24(11-13-29-14-12-24)20-6-3-2-4-7-20/h2-4,6-9,16,23H,5,10-15,17H2,1H3/q+1. The van der Waals surface area contributed by atoms with Crippen LogP contribution in [0, 0.1) is 0 Å². The molecule has 0 saturated carbocycles. The lowest BCUT2D eigenvalue weighted by atomic mass is 10.2. The fourth-order valence-electron chi connectivity index (χ4n) is 3.63. The zero-order chi connectivity index (χ0) is 21.5. The maximum Gasteiger partial charge on any atom is 0.339 e. The second-order valence-corrected chi connectivity index (χ2v) is 9.21. The van der Waals surface area contributed by atoms with Crippen molar-refractivity contribution in [3.8, 4) is 0 Å². The van der Waals surface area contributed by atoms with Crippen LogP contribution in [-0.2, 0) is 26.0 Å². The van der Waals surface area contributed by atoms with E-state index >= 15 is 0 Å². The van der Waals surface area contributed by atoms with Crippen LogP contribution in [0.2, 0.25) is 0 Å². The van der Waals surface area contributed by atoms with Gasteiger partial charge < -0.3 is 9.47 Å². The smallest absolute Gasteiger partial charge is 0.339 e. The minimum Gasteiger partial charge on any atom is -0.465 e. The molecule has 1 saturated heterocycles. The summed E-state index contributed by atoms with van der Waals surface area (Å²) >= 11 is 0. The molecule has 0 amide bonds. The summed E-state index contributed by atoms with van der Waals surface area (Å²) in [6.45, 7) is 3.85. The number of sulfonamides is 1. The summed E-state index contributed by atoms with van der Waals surface area (Å²) in [4.78, 5) is 15.5.